The van der Waals surface area contributed by atoms with Crippen LogP contribution in [-0.2, 0) is 13.0 Å². The molecule has 3 aromatic rings. The molecule has 2 N–H and O–H groups in total. The van der Waals surface area contributed by atoms with Gasteiger partial charge in [-0.3, -0.25) is 0 Å². The molecule has 0 aliphatic carbocycles. The number of methoxy groups -OCH3 is 2. The predicted octanol–water partition coefficient (Wildman–Crippen LogP) is 4.38. The van der Waals surface area contributed by atoms with E-state index in [-0.39, 0.29) is 0 Å². The van der Waals surface area contributed by atoms with Gasteiger partial charge in [0.2, 0.25) is 0 Å². The lowest BCUT2D eigenvalue weighted by atomic mass is 10.1. The molecule has 0 saturated heterocycles. The van der Waals surface area contributed by atoms with Crippen LogP contribution in [0.3, 0.4) is 0 Å². The highest BCUT2D eigenvalue weighted by atomic mass is 16.5. The molecule has 2 aromatic carbocycles. The molecule has 152 valence electrons. The minimum Gasteiger partial charge on any atom is -0.493 e. The first-order valence-corrected chi connectivity index (χ1v) is 9.67. The van der Waals surface area contributed by atoms with Gasteiger partial charge in [-0.2, -0.15) is 0 Å². The van der Waals surface area contributed by atoms with Gasteiger partial charge in [-0.1, -0.05) is 35.9 Å². The van der Waals surface area contributed by atoms with Gasteiger partial charge in [-0.05, 0) is 43.5 Å². The van der Waals surface area contributed by atoms with E-state index in [1.165, 1.54) is 16.7 Å². The van der Waals surface area contributed by atoms with Crippen LogP contribution in [0.25, 0.3) is 0 Å². The summed E-state index contributed by atoms with van der Waals surface area (Å²) in [4.78, 5) is 8.98. The Labute approximate surface area is 172 Å². The molecule has 0 aliphatic rings. The second-order valence-electron chi connectivity index (χ2n) is 6.89. The van der Waals surface area contributed by atoms with Crippen LogP contribution in [-0.4, -0.2) is 30.7 Å². The number of hydrogen-bond donors (Lipinski definition) is 2. The van der Waals surface area contributed by atoms with Crippen LogP contribution >= 0.6 is 0 Å². The molecule has 0 bridgehead atoms. The Hall–Kier alpha value is -3.28. The molecule has 0 fully saturated rings. The molecular formula is C23H28N4O2. The number of aromatic nitrogens is 2. The van der Waals surface area contributed by atoms with Gasteiger partial charge in [0.25, 0.3) is 0 Å². The minimum absolute atomic E-state index is 0.725. The van der Waals surface area contributed by atoms with E-state index in [1.807, 2.05) is 31.2 Å². The van der Waals surface area contributed by atoms with E-state index in [0.29, 0.717) is 0 Å². The summed E-state index contributed by atoms with van der Waals surface area (Å²) in [5.41, 5.74) is 3.64. The maximum absolute atomic E-state index is 5.37. The fraction of sp³-hybridized carbons (Fsp3) is 0.304. The van der Waals surface area contributed by atoms with Gasteiger partial charge in [0.1, 0.15) is 17.5 Å². The lowest BCUT2D eigenvalue weighted by Gasteiger charge is -2.12. The van der Waals surface area contributed by atoms with E-state index >= 15 is 0 Å². The van der Waals surface area contributed by atoms with Crippen molar-refractivity contribution in [3.63, 3.8) is 0 Å². The van der Waals surface area contributed by atoms with E-state index in [0.717, 1.165) is 48.5 Å². The Morgan fingerprint density at radius 2 is 1.55 bits per heavy atom. The van der Waals surface area contributed by atoms with Crippen LogP contribution in [0.5, 0.6) is 11.5 Å². The van der Waals surface area contributed by atoms with E-state index < -0.39 is 0 Å². The van der Waals surface area contributed by atoms with Gasteiger partial charge in [-0.25, -0.2) is 9.97 Å². The lowest BCUT2D eigenvalue weighted by molar-refractivity contribution is 0.354. The van der Waals surface area contributed by atoms with Crippen molar-refractivity contribution in [2.75, 3.05) is 31.4 Å². The summed E-state index contributed by atoms with van der Waals surface area (Å²) in [6.45, 7) is 5.47. The van der Waals surface area contributed by atoms with Crippen LogP contribution in [0, 0.1) is 13.8 Å². The first-order valence-electron chi connectivity index (χ1n) is 9.67. The number of nitrogens with one attached hydrogen (secondary N) is 2. The summed E-state index contributed by atoms with van der Waals surface area (Å²) >= 11 is 0. The van der Waals surface area contributed by atoms with Gasteiger partial charge in [0.05, 0.1) is 14.2 Å². The monoisotopic (exact) mass is 392 g/mol. The van der Waals surface area contributed by atoms with E-state index in [4.69, 9.17) is 9.47 Å². The lowest BCUT2D eigenvalue weighted by Crippen LogP contribution is -2.09. The van der Waals surface area contributed by atoms with Crippen molar-refractivity contribution >= 4 is 11.6 Å². The van der Waals surface area contributed by atoms with Crippen LogP contribution in [0.4, 0.5) is 11.6 Å². The number of nitrogens with zero attached hydrogens (tertiary/aromatic N) is 2. The molecular weight excluding hydrogens is 364 g/mol. The van der Waals surface area contributed by atoms with Crippen molar-refractivity contribution in [2.45, 2.75) is 26.8 Å². The Morgan fingerprint density at radius 1 is 0.793 bits per heavy atom. The summed E-state index contributed by atoms with van der Waals surface area (Å²) in [5.74, 6) is 3.83. The first-order chi connectivity index (χ1) is 14.1. The molecule has 6 heteroatoms. The average molecular weight is 393 g/mol. The Bertz CT molecular complexity index is 959. The third kappa shape index (κ3) is 5.85. The molecule has 0 radical (unpaired) electrons. The predicted molar refractivity (Wildman–Crippen MR) is 117 cm³/mol. The molecule has 0 unspecified atom stereocenters. The molecule has 3 rings (SSSR count). The fourth-order valence-corrected chi connectivity index (χ4v) is 3.13. The minimum atomic E-state index is 0.725. The fourth-order valence-electron chi connectivity index (χ4n) is 3.13. The van der Waals surface area contributed by atoms with Gasteiger partial charge in [0, 0.05) is 19.2 Å². The third-order valence-corrected chi connectivity index (χ3v) is 4.56. The van der Waals surface area contributed by atoms with Crippen molar-refractivity contribution in [3.05, 3.63) is 71.0 Å². The van der Waals surface area contributed by atoms with E-state index in [2.05, 4.69) is 51.8 Å². The third-order valence-electron chi connectivity index (χ3n) is 4.56. The number of ether oxygens (including phenoxy) is 2. The summed E-state index contributed by atoms with van der Waals surface area (Å²) in [6, 6.07) is 16.4. The summed E-state index contributed by atoms with van der Waals surface area (Å²) in [6.07, 6.45) is 0.843. The normalized spacial score (nSPS) is 10.5. The zero-order valence-electron chi connectivity index (χ0n) is 17.5. The zero-order chi connectivity index (χ0) is 20.6. The highest BCUT2D eigenvalue weighted by Gasteiger charge is 2.06. The molecule has 0 saturated carbocycles. The second-order valence-corrected chi connectivity index (χ2v) is 6.89. The Morgan fingerprint density at radius 3 is 2.28 bits per heavy atom. The largest absolute Gasteiger partial charge is 0.493 e. The van der Waals surface area contributed by atoms with Crippen LogP contribution in [0.1, 0.15) is 22.5 Å². The van der Waals surface area contributed by atoms with Gasteiger partial charge < -0.3 is 20.1 Å². The Balaban J connectivity index is 1.58. The molecule has 1 heterocycles. The quantitative estimate of drug-likeness (QED) is 0.563. The van der Waals surface area contributed by atoms with Crippen molar-refractivity contribution in [3.8, 4) is 11.5 Å². The van der Waals surface area contributed by atoms with Gasteiger partial charge in [-0.15, -0.1) is 0 Å². The van der Waals surface area contributed by atoms with E-state index in [9.17, 15) is 0 Å². The van der Waals surface area contributed by atoms with Crippen molar-refractivity contribution in [1.29, 1.82) is 0 Å². The maximum Gasteiger partial charge on any atom is 0.160 e. The molecule has 0 atom stereocenters. The van der Waals surface area contributed by atoms with Gasteiger partial charge in [0.15, 0.2) is 11.5 Å². The van der Waals surface area contributed by atoms with Crippen molar-refractivity contribution in [2.24, 2.45) is 0 Å². The molecule has 6 nitrogen and oxygen atoms in total. The number of aryl methyl sites for hydroxylation is 2. The molecule has 29 heavy (non-hydrogen) atoms. The standard InChI is InChI=1S/C23H28N4O2/c1-16-6-5-7-19(12-16)15-25-23-14-22(26-17(2)27-23)24-11-10-18-8-9-20(28-3)21(13-18)29-4/h5-9,12-14H,10-11,15H2,1-4H3,(H2,24,25,26,27). The SMILES string of the molecule is COc1ccc(CCNc2cc(NCc3cccc(C)c3)nc(C)n2)cc1OC. The first kappa shape index (κ1) is 20.5. The molecule has 0 spiro atoms. The average Bonchev–Trinajstić information content (AvgIpc) is 2.72. The number of rotatable bonds is 9. The van der Waals surface area contributed by atoms with E-state index in [1.54, 1.807) is 14.2 Å². The molecule has 0 amide bonds. The second kappa shape index (κ2) is 9.78. The summed E-state index contributed by atoms with van der Waals surface area (Å²) < 4.78 is 10.7. The number of hydrogen-bond acceptors (Lipinski definition) is 6. The number of anilines is 2. The van der Waals surface area contributed by atoms with Crippen LogP contribution in [0.15, 0.2) is 48.5 Å². The maximum atomic E-state index is 5.37. The zero-order valence-corrected chi connectivity index (χ0v) is 17.5. The molecule has 1 aromatic heterocycles. The topological polar surface area (TPSA) is 68.3 Å². The smallest absolute Gasteiger partial charge is 0.160 e. The highest BCUT2D eigenvalue weighted by Crippen LogP contribution is 2.27. The summed E-state index contributed by atoms with van der Waals surface area (Å²) in [5, 5.41) is 6.77. The summed E-state index contributed by atoms with van der Waals surface area (Å²) in [7, 11) is 3.29. The van der Waals surface area contributed by atoms with Crippen LogP contribution in [0.2, 0.25) is 0 Å². The van der Waals surface area contributed by atoms with Gasteiger partial charge >= 0.3 is 0 Å². The van der Waals surface area contributed by atoms with Crippen LogP contribution < -0.4 is 20.1 Å². The number of benzene rings is 2. The van der Waals surface area contributed by atoms with Crippen molar-refractivity contribution in [1.82, 2.24) is 9.97 Å². The van der Waals surface area contributed by atoms with Crippen molar-refractivity contribution < 1.29 is 9.47 Å². The highest BCUT2D eigenvalue weighted by molar-refractivity contribution is 5.48. The molecule has 0 aliphatic heterocycles. The Kier molecular flexibility index (Phi) is 6.89.